The van der Waals surface area contributed by atoms with Crippen molar-refractivity contribution < 1.29 is 32.2 Å². The highest BCUT2D eigenvalue weighted by Gasteiger charge is 2.42. The molecule has 3 heterocycles. The third kappa shape index (κ3) is 6.37. The number of aliphatic hydroxyl groups is 1. The number of carbonyl (C=O) groups is 1. The van der Waals surface area contributed by atoms with Gasteiger partial charge in [0.2, 0.25) is 11.8 Å². The first-order chi connectivity index (χ1) is 15.7. The van der Waals surface area contributed by atoms with Crippen LogP contribution >= 0.6 is 0 Å². The molecule has 2 N–H and O–H groups in total. The van der Waals surface area contributed by atoms with Crippen molar-refractivity contribution in [2.75, 3.05) is 19.8 Å². The van der Waals surface area contributed by atoms with Gasteiger partial charge in [-0.05, 0) is 31.0 Å². The van der Waals surface area contributed by atoms with Gasteiger partial charge in [0, 0.05) is 42.7 Å². The Morgan fingerprint density at radius 1 is 1.33 bits per heavy atom. The number of nitrogens with one attached hydrogen (secondary N) is 1. The average molecular weight is 469 g/mol. The Hall–Kier alpha value is -3.28. The monoisotopic (exact) mass is 469 g/mol. The van der Waals surface area contributed by atoms with Crippen molar-refractivity contribution in [3.05, 3.63) is 47.5 Å². The van der Waals surface area contributed by atoms with E-state index in [1.807, 2.05) is 0 Å². The number of hydrogen-bond donors (Lipinski definition) is 2. The Bertz CT molecular complexity index is 1110. The zero-order valence-corrected chi connectivity index (χ0v) is 17.8. The van der Waals surface area contributed by atoms with Crippen LogP contribution < -0.4 is 10.1 Å². The number of rotatable bonds is 11. The van der Waals surface area contributed by atoms with Crippen LogP contribution in [0.5, 0.6) is 5.88 Å². The van der Waals surface area contributed by atoms with E-state index in [-0.39, 0.29) is 31.4 Å². The summed E-state index contributed by atoms with van der Waals surface area (Å²) >= 11 is 0. The molecule has 178 valence electrons. The molecular formula is C21H23F4N5O3. The van der Waals surface area contributed by atoms with Crippen molar-refractivity contribution in [3.8, 4) is 5.88 Å². The number of halogens is 4. The summed E-state index contributed by atoms with van der Waals surface area (Å²) in [5, 5.41) is 16.7. The third-order valence-corrected chi connectivity index (χ3v) is 4.70. The highest BCUT2D eigenvalue weighted by molar-refractivity contribution is 5.86. The smallest absolute Gasteiger partial charge is 0.340 e. The van der Waals surface area contributed by atoms with Gasteiger partial charge in [0.05, 0.1) is 24.2 Å². The van der Waals surface area contributed by atoms with Gasteiger partial charge in [-0.25, -0.2) is 13.8 Å². The van der Waals surface area contributed by atoms with Crippen molar-refractivity contribution >= 4 is 16.8 Å². The second kappa shape index (κ2) is 10.6. The fourth-order valence-electron chi connectivity index (χ4n) is 3.07. The lowest BCUT2D eigenvalue weighted by molar-refractivity contribution is -0.148. The van der Waals surface area contributed by atoms with E-state index >= 15 is 0 Å². The van der Waals surface area contributed by atoms with Crippen LogP contribution in [-0.4, -0.2) is 62.9 Å². The van der Waals surface area contributed by atoms with Crippen molar-refractivity contribution in [1.82, 2.24) is 25.1 Å². The van der Waals surface area contributed by atoms with E-state index in [0.717, 1.165) is 0 Å². The van der Waals surface area contributed by atoms with Gasteiger partial charge in [-0.15, -0.1) is 0 Å². The van der Waals surface area contributed by atoms with Crippen molar-refractivity contribution in [2.45, 2.75) is 38.7 Å². The molecule has 0 spiro atoms. The molecule has 0 fully saturated rings. The van der Waals surface area contributed by atoms with Gasteiger partial charge in [0.25, 0.3) is 0 Å². The minimum atomic E-state index is -4.26. The van der Waals surface area contributed by atoms with Crippen molar-refractivity contribution in [3.63, 3.8) is 0 Å². The molecule has 0 aromatic carbocycles. The van der Waals surface area contributed by atoms with Crippen molar-refractivity contribution in [2.24, 2.45) is 0 Å². The molecule has 0 saturated heterocycles. The van der Waals surface area contributed by atoms with Gasteiger partial charge >= 0.3 is 12.3 Å². The van der Waals surface area contributed by atoms with Gasteiger partial charge in [-0.1, -0.05) is 0 Å². The van der Waals surface area contributed by atoms with E-state index in [0.29, 0.717) is 40.7 Å². The minimum absolute atomic E-state index is 0.00942. The quantitative estimate of drug-likeness (QED) is 0.331. The molecule has 0 aliphatic carbocycles. The number of aromatic nitrogens is 4. The first-order valence-electron chi connectivity index (χ1n) is 10.1. The van der Waals surface area contributed by atoms with Gasteiger partial charge in [-0.3, -0.25) is 14.5 Å². The molecule has 0 saturated carbocycles. The Labute approximate surface area is 186 Å². The average Bonchev–Trinajstić information content (AvgIpc) is 3.17. The Morgan fingerprint density at radius 3 is 2.82 bits per heavy atom. The third-order valence-electron chi connectivity index (χ3n) is 4.70. The highest BCUT2D eigenvalue weighted by atomic mass is 19.3. The van der Waals surface area contributed by atoms with Gasteiger partial charge < -0.3 is 15.2 Å². The van der Waals surface area contributed by atoms with E-state index in [9.17, 15) is 22.4 Å². The number of hydrogen-bond acceptors (Lipinski definition) is 6. The Balaban J connectivity index is 1.69. The zero-order valence-electron chi connectivity index (χ0n) is 17.8. The topological polar surface area (TPSA) is 102 Å². The summed E-state index contributed by atoms with van der Waals surface area (Å²) in [6.45, 7) is 0.758. The fraction of sp³-hybridized carbons (Fsp3) is 0.429. The standard InChI is InChI=1S/C21H23F4N5O3/c1-13-7-14(9-28-19(13)33-12-21(24,25)20(22)23)10-30-11-15-16(29-30)3-5-26-17(15)8-18(32)27-4-2-6-31/h3,5,7,9,11,20,31H,2,4,6,8,10,12H2,1H3,(H,27,32). The number of fused-ring (bicyclic) bond motifs is 1. The summed E-state index contributed by atoms with van der Waals surface area (Å²) < 4.78 is 57.1. The van der Waals surface area contributed by atoms with E-state index in [4.69, 9.17) is 9.84 Å². The molecule has 0 bridgehead atoms. The molecule has 0 radical (unpaired) electrons. The Kier molecular flexibility index (Phi) is 7.79. The van der Waals surface area contributed by atoms with Gasteiger partial charge in [-0.2, -0.15) is 13.9 Å². The lowest BCUT2D eigenvalue weighted by Crippen LogP contribution is -2.34. The molecule has 33 heavy (non-hydrogen) atoms. The maximum absolute atomic E-state index is 13.1. The van der Waals surface area contributed by atoms with E-state index in [2.05, 4.69) is 20.4 Å². The van der Waals surface area contributed by atoms with Crippen LogP contribution in [0.15, 0.2) is 30.7 Å². The van der Waals surface area contributed by atoms with E-state index in [1.165, 1.54) is 6.20 Å². The predicted molar refractivity (Wildman–Crippen MR) is 110 cm³/mol. The molecule has 8 nitrogen and oxygen atoms in total. The lowest BCUT2D eigenvalue weighted by Gasteiger charge is -2.16. The number of aliphatic hydroxyl groups excluding tert-OH is 1. The number of pyridine rings is 2. The number of ether oxygens (including phenoxy) is 1. The SMILES string of the molecule is Cc1cc(Cn2cc3c(CC(=O)NCCCO)nccc3n2)cnc1OCC(F)(F)C(F)F. The van der Waals surface area contributed by atoms with E-state index in [1.54, 1.807) is 36.1 Å². The van der Waals surface area contributed by atoms with Crippen LogP contribution in [0.25, 0.3) is 10.9 Å². The molecule has 12 heteroatoms. The van der Waals surface area contributed by atoms with Gasteiger partial charge in [0.1, 0.15) is 0 Å². The predicted octanol–water partition coefficient (Wildman–Crippen LogP) is 2.50. The highest BCUT2D eigenvalue weighted by Crippen LogP contribution is 2.25. The van der Waals surface area contributed by atoms with Crippen LogP contribution in [0.2, 0.25) is 0 Å². The molecule has 3 aromatic rings. The molecule has 3 rings (SSSR count). The molecule has 0 aliphatic heterocycles. The lowest BCUT2D eigenvalue weighted by atomic mass is 10.2. The summed E-state index contributed by atoms with van der Waals surface area (Å²) in [5.74, 6) is -4.63. The number of amides is 1. The molecule has 0 atom stereocenters. The summed E-state index contributed by atoms with van der Waals surface area (Å²) in [6, 6.07) is 3.35. The van der Waals surface area contributed by atoms with Crippen LogP contribution in [0.1, 0.15) is 23.2 Å². The summed E-state index contributed by atoms with van der Waals surface area (Å²) in [4.78, 5) is 20.3. The number of aryl methyl sites for hydroxylation is 1. The van der Waals surface area contributed by atoms with Crippen LogP contribution in [0, 0.1) is 6.92 Å². The summed E-state index contributed by atoms with van der Waals surface area (Å²) in [7, 11) is 0. The minimum Gasteiger partial charge on any atom is -0.471 e. The van der Waals surface area contributed by atoms with Crippen LogP contribution in [0.4, 0.5) is 17.6 Å². The second-order valence-electron chi connectivity index (χ2n) is 7.44. The Morgan fingerprint density at radius 2 is 2.12 bits per heavy atom. The van der Waals surface area contributed by atoms with E-state index < -0.39 is 19.0 Å². The molecule has 1 amide bonds. The number of nitrogens with zero attached hydrogens (tertiary/aromatic N) is 4. The van der Waals surface area contributed by atoms with Gasteiger partial charge in [0.15, 0.2) is 6.61 Å². The molecule has 0 aliphatic rings. The summed E-state index contributed by atoms with van der Waals surface area (Å²) in [5.41, 5.74) is 2.29. The summed E-state index contributed by atoms with van der Waals surface area (Å²) in [6.07, 6.45) is 1.39. The number of carbonyl (C=O) groups excluding carboxylic acids is 1. The fourth-order valence-corrected chi connectivity index (χ4v) is 3.07. The maximum Gasteiger partial charge on any atom is 0.340 e. The number of alkyl halides is 4. The van der Waals surface area contributed by atoms with Crippen LogP contribution in [0.3, 0.4) is 0 Å². The maximum atomic E-state index is 13.1. The largest absolute Gasteiger partial charge is 0.471 e. The van der Waals surface area contributed by atoms with Crippen molar-refractivity contribution in [1.29, 1.82) is 0 Å². The second-order valence-corrected chi connectivity index (χ2v) is 7.44. The normalized spacial score (nSPS) is 11.8. The first-order valence-corrected chi connectivity index (χ1v) is 10.1. The molecular weight excluding hydrogens is 446 g/mol. The molecule has 0 unspecified atom stereocenters. The first kappa shape index (κ1) is 24.4. The molecule has 3 aromatic heterocycles. The zero-order chi connectivity index (χ0) is 24.0. The van der Waals surface area contributed by atoms with Crippen LogP contribution in [-0.2, 0) is 17.8 Å².